The second-order valence-corrected chi connectivity index (χ2v) is 11.9. The minimum absolute atomic E-state index is 0.112. The van der Waals surface area contributed by atoms with Gasteiger partial charge in [-0.3, -0.25) is 9.10 Å². The first kappa shape index (κ1) is 28.5. The lowest BCUT2D eigenvalue weighted by atomic mass is 9.93. The second kappa shape index (κ2) is 11.6. The molecule has 3 aromatic carbocycles. The van der Waals surface area contributed by atoms with E-state index in [1.165, 1.54) is 0 Å². The Labute approximate surface area is 225 Å². The zero-order chi connectivity index (χ0) is 27.5. The number of ether oxygens (including phenoxy) is 1. The molecular weight excluding hydrogens is 508 g/mol. The number of hydrogen-bond donors (Lipinski definition) is 1. The highest BCUT2D eigenvalue weighted by Crippen LogP contribution is 2.33. The van der Waals surface area contributed by atoms with Crippen LogP contribution in [-0.2, 0) is 14.8 Å². The Morgan fingerprint density at radius 1 is 0.946 bits per heavy atom. The smallest absolute Gasteiger partial charge is 0.264 e. The molecule has 198 valence electrons. The van der Waals surface area contributed by atoms with Crippen molar-refractivity contribution in [3.05, 3.63) is 87.4 Å². The molecule has 3 aromatic rings. The first-order chi connectivity index (χ1) is 17.3. The second-order valence-electron chi connectivity index (χ2n) is 9.65. The Morgan fingerprint density at radius 3 is 2.16 bits per heavy atom. The van der Waals surface area contributed by atoms with E-state index in [0.29, 0.717) is 16.3 Å². The molecule has 0 saturated carbocycles. The summed E-state index contributed by atoms with van der Waals surface area (Å²) in [5, 5.41) is 3.48. The van der Waals surface area contributed by atoms with Crippen LogP contribution in [0.5, 0.6) is 5.75 Å². The van der Waals surface area contributed by atoms with Crippen LogP contribution in [0.1, 0.15) is 60.5 Å². The molecule has 3 rings (SSSR count). The Balaban J connectivity index is 1.95. The molecule has 1 amide bonds. The van der Waals surface area contributed by atoms with Crippen molar-refractivity contribution >= 4 is 33.2 Å². The summed E-state index contributed by atoms with van der Waals surface area (Å²) >= 11 is 6.13. The number of halogens is 1. The van der Waals surface area contributed by atoms with Crippen molar-refractivity contribution in [2.75, 3.05) is 18.0 Å². The molecule has 0 aliphatic heterocycles. The van der Waals surface area contributed by atoms with Crippen LogP contribution in [0.15, 0.2) is 59.5 Å². The minimum atomic E-state index is -4.02. The quantitative estimate of drug-likeness (QED) is 0.336. The van der Waals surface area contributed by atoms with Crippen molar-refractivity contribution in [1.82, 2.24) is 5.32 Å². The van der Waals surface area contributed by atoms with E-state index < -0.39 is 15.9 Å². The SMILES string of the molecule is COc1cc(C)c([C@@H](C)NC(=O)CN(c2ccc(Cl)cc2C)S(=O)(=O)c2ccc(C)cc2)cc1C(C)C. The number of rotatable bonds is 9. The summed E-state index contributed by atoms with van der Waals surface area (Å²) < 4.78 is 34.1. The summed E-state index contributed by atoms with van der Waals surface area (Å²) in [4.78, 5) is 13.4. The third-order valence-electron chi connectivity index (χ3n) is 6.41. The fraction of sp³-hybridized carbons (Fsp3) is 0.345. The lowest BCUT2D eigenvalue weighted by Gasteiger charge is -2.27. The predicted octanol–water partition coefficient (Wildman–Crippen LogP) is 6.47. The molecule has 0 fully saturated rings. The third-order valence-corrected chi connectivity index (χ3v) is 8.42. The molecule has 0 bridgehead atoms. The molecule has 0 spiro atoms. The van der Waals surface area contributed by atoms with Crippen LogP contribution in [0.2, 0.25) is 5.02 Å². The van der Waals surface area contributed by atoms with E-state index >= 15 is 0 Å². The van der Waals surface area contributed by atoms with E-state index in [1.807, 2.05) is 32.9 Å². The average molecular weight is 543 g/mol. The molecule has 0 unspecified atom stereocenters. The van der Waals surface area contributed by atoms with Crippen LogP contribution < -0.4 is 14.4 Å². The summed E-state index contributed by atoms with van der Waals surface area (Å²) in [6.07, 6.45) is 0. The minimum Gasteiger partial charge on any atom is -0.496 e. The van der Waals surface area contributed by atoms with Crippen LogP contribution in [0.25, 0.3) is 0 Å². The number of nitrogens with zero attached hydrogens (tertiary/aromatic N) is 1. The zero-order valence-corrected chi connectivity index (χ0v) is 24.0. The number of nitrogens with one attached hydrogen (secondary N) is 1. The number of methoxy groups -OCH3 is 1. The maximum Gasteiger partial charge on any atom is 0.264 e. The van der Waals surface area contributed by atoms with Gasteiger partial charge >= 0.3 is 0 Å². The average Bonchev–Trinajstić information content (AvgIpc) is 2.82. The number of sulfonamides is 1. The monoisotopic (exact) mass is 542 g/mol. The molecule has 6 nitrogen and oxygen atoms in total. The molecule has 0 saturated heterocycles. The number of amides is 1. The van der Waals surface area contributed by atoms with E-state index in [2.05, 4.69) is 19.2 Å². The highest BCUT2D eigenvalue weighted by molar-refractivity contribution is 7.92. The molecule has 0 aliphatic rings. The number of anilines is 1. The fourth-order valence-corrected chi connectivity index (χ4v) is 6.05. The van der Waals surface area contributed by atoms with Crippen LogP contribution in [0, 0.1) is 20.8 Å². The number of aryl methyl sites for hydroxylation is 3. The van der Waals surface area contributed by atoms with Crippen LogP contribution in [-0.4, -0.2) is 28.0 Å². The lowest BCUT2D eigenvalue weighted by molar-refractivity contribution is -0.120. The maximum absolute atomic E-state index is 13.7. The Bertz CT molecular complexity index is 1390. The van der Waals surface area contributed by atoms with E-state index in [-0.39, 0.29) is 23.4 Å². The van der Waals surface area contributed by atoms with Gasteiger partial charge in [-0.05, 0) is 98.3 Å². The zero-order valence-electron chi connectivity index (χ0n) is 22.4. The van der Waals surface area contributed by atoms with Crippen molar-refractivity contribution in [3.8, 4) is 5.75 Å². The van der Waals surface area contributed by atoms with Crippen molar-refractivity contribution in [2.45, 2.75) is 58.4 Å². The summed E-state index contributed by atoms with van der Waals surface area (Å²) in [7, 11) is -2.38. The summed E-state index contributed by atoms with van der Waals surface area (Å²) in [6, 6.07) is 15.2. The lowest BCUT2D eigenvalue weighted by Crippen LogP contribution is -2.42. The standard InChI is InChI=1S/C29H35ClN2O4S/c1-18(2)25-16-26(20(4)15-28(25)36-7)22(6)31-29(33)17-32(27-13-10-23(30)14-21(27)5)37(34,35)24-11-8-19(3)9-12-24/h8-16,18,22H,17H2,1-7H3,(H,31,33)/t22-/m1/s1. The van der Waals surface area contributed by atoms with Gasteiger partial charge in [0.05, 0.1) is 23.7 Å². The van der Waals surface area contributed by atoms with Gasteiger partial charge < -0.3 is 10.1 Å². The Morgan fingerprint density at radius 2 is 1.59 bits per heavy atom. The van der Waals surface area contributed by atoms with Gasteiger partial charge in [-0.1, -0.05) is 43.1 Å². The topological polar surface area (TPSA) is 75.7 Å². The fourth-order valence-electron chi connectivity index (χ4n) is 4.34. The van der Waals surface area contributed by atoms with Crippen LogP contribution in [0.3, 0.4) is 0 Å². The van der Waals surface area contributed by atoms with Crippen molar-refractivity contribution in [3.63, 3.8) is 0 Å². The van der Waals surface area contributed by atoms with Gasteiger partial charge in [0.15, 0.2) is 0 Å². The van der Waals surface area contributed by atoms with Crippen molar-refractivity contribution in [1.29, 1.82) is 0 Å². The molecule has 0 aromatic heterocycles. The van der Waals surface area contributed by atoms with Gasteiger partial charge in [-0.25, -0.2) is 8.42 Å². The van der Waals surface area contributed by atoms with E-state index in [0.717, 1.165) is 32.3 Å². The van der Waals surface area contributed by atoms with Gasteiger partial charge in [0.2, 0.25) is 5.91 Å². The maximum atomic E-state index is 13.7. The van der Waals surface area contributed by atoms with Crippen molar-refractivity contribution in [2.24, 2.45) is 0 Å². The summed E-state index contributed by atoms with van der Waals surface area (Å²) in [5.74, 6) is 0.627. The normalized spacial score (nSPS) is 12.4. The molecule has 8 heteroatoms. The van der Waals surface area contributed by atoms with Gasteiger partial charge in [0.1, 0.15) is 12.3 Å². The first-order valence-corrected chi connectivity index (χ1v) is 14.0. The van der Waals surface area contributed by atoms with Crippen LogP contribution >= 0.6 is 11.6 Å². The molecular formula is C29H35ClN2O4S. The molecule has 0 aliphatic carbocycles. The largest absolute Gasteiger partial charge is 0.496 e. The third kappa shape index (κ3) is 6.46. The summed E-state index contributed by atoms with van der Waals surface area (Å²) in [6.45, 7) is 11.3. The van der Waals surface area contributed by atoms with Gasteiger partial charge in [-0.15, -0.1) is 0 Å². The molecule has 37 heavy (non-hydrogen) atoms. The van der Waals surface area contributed by atoms with Crippen LogP contribution in [0.4, 0.5) is 5.69 Å². The number of carbonyl (C=O) groups excluding carboxylic acids is 1. The van der Waals surface area contributed by atoms with Crippen molar-refractivity contribution < 1.29 is 17.9 Å². The molecule has 1 atom stereocenters. The van der Waals surface area contributed by atoms with Gasteiger partial charge in [-0.2, -0.15) is 0 Å². The highest BCUT2D eigenvalue weighted by atomic mass is 35.5. The van der Waals surface area contributed by atoms with Gasteiger partial charge in [0.25, 0.3) is 10.0 Å². The van der Waals surface area contributed by atoms with E-state index in [4.69, 9.17) is 16.3 Å². The molecule has 1 N–H and O–H groups in total. The Kier molecular flexibility index (Phi) is 8.92. The highest BCUT2D eigenvalue weighted by Gasteiger charge is 2.29. The number of carbonyl (C=O) groups is 1. The molecule has 0 heterocycles. The van der Waals surface area contributed by atoms with E-state index in [1.54, 1.807) is 56.5 Å². The summed E-state index contributed by atoms with van der Waals surface area (Å²) in [5.41, 5.74) is 4.97. The Hall–Kier alpha value is -3.03. The predicted molar refractivity (Wildman–Crippen MR) is 150 cm³/mol. The van der Waals surface area contributed by atoms with Gasteiger partial charge in [0, 0.05) is 5.02 Å². The number of hydrogen-bond acceptors (Lipinski definition) is 4. The number of benzene rings is 3. The first-order valence-electron chi connectivity index (χ1n) is 12.2. The molecule has 0 radical (unpaired) electrons. The van der Waals surface area contributed by atoms with E-state index in [9.17, 15) is 13.2 Å².